The van der Waals surface area contributed by atoms with Crippen molar-refractivity contribution in [1.29, 1.82) is 0 Å². The first-order valence-electron chi connectivity index (χ1n) is 4.45. The molecule has 0 aliphatic carbocycles. The Labute approximate surface area is 99.1 Å². The maximum atomic E-state index is 9.09. The Kier molecular flexibility index (Phi) is 4.95. The molecular weight excluding hydrogens is 235 g/mol. The third kappa shape index (κ3) is 3.74. The molecule has 4 heteroatoms. The lowest BCUT2D eigenvalue weighted by Crippen LogP contribution is -2.01. The van der Waals surface area contributed by atoms with Gasteiger partial charge >= 0.3 is 0 Å². The van der Waals surface area contributed by atoms with E-state index in [2.05, 4.69) is 0 Å². The highest BCUT2D eigenvalue weighted by Crippen LogP contribution is 2.23. The van der Waals surface area contributed by atoms with Crippen molar-refractivity contribution in [3.63, 3.8) is 0 Å². The van der Waals surface area contributed by atoms with Gasteiger partial charge in [0.05, 0.1) is 6.61 Å². The lowest BCUT2D eigenvalue weighted by molar-refractivity contribution is 0.269. The molecule has 1 aromatic rings. The molecule has 1 aromatic carbocycles. The van der Waals surface area contributed by atoms with Gasteiger partial charge in [-0.25, -0.2) is 0 Å². The summed E-state index contributed by atoms with van der Waals surface area (Å²) in [6.45, 7) is 2.17. The Bertz CT molecular complexity index is 362. The molecule has 0 atom stereocenters. The van der Waals surface area contributed by atoms with Gasteiger partial charge in [0.2, 0.25) is 0 Å². The summed E-state index contributed by atoms with van der Waals surface area (Å²) >= 11 is 11.3. The second kappa shape index (κ2) is 6.01. The minimum absolute atomic E-state index is 0.0977. The van der Waals surface area contributed by atoms with Crippen LogP contribution in [-0.4, -0.2) is 11.7 Å². The molecule has 82 valence electrons. The van der Waals surface area contributed by atoms with Crippen molar-refractivity contribution in [2.75, 3.05) is 6.61 Å². The predicted molar refractivity (Wildman–Crippen MR) is 62.5 cm³/mol. The summed E-state index contributed by atoms with van der Waals surface area (Å²) in [6, 6.07) is 5.13. The molecule has 1 N–H and O–H groups in total. The van der Waals surface area contributed by atoms with Crippen LogP contribution in [0.3, 0.4) is 0 Å². The van der Waals surface area contributed by atoms with Crippen LogP contribution in [0.1, 0.15) is 12.5 Å². The highest BCUT2D eigenvalue weighted by atomic mass is 35.5. The van der Waals surface area contributed by atoms with Gasteiger partial charge in [-0.3, -0.25) is 0 Å². The first-order valence-corrected chi connectivity index (χ1v) is 5.26. The average Bonchev–Trinajstić information content (AvgIpc) is 2.26. The number of ether oxygens (including phenoxy) is 1. The predicted octanol–water partition coefficient (Wildman–Crippen LogP) is 3.35. The lowest BCUT2D eigenvalue weighted by atomic mass is 10.2. The Morgan fingerprint density at radius 3 is 2.87 bits per heavy atom. The fraction of sp³-hybridized carbons (Fsp3) is 0.273. The quantitative estimate of drug-likeness (QED) is 0.883. The maximum absolute atomic E-state index is 9.09. The van der Waals surface area contributed by atoms with Crippen molar-refractivity contribution >= 4 is 23.2 Å². The van der Waals surface area contributed by atoms with Crippen LogP contribution in [0.15, 0.2) is 29.3 Å². The second-order valence-electron chi connectivity index (χ2n) is 3.15. The smallest absolute Gasteiger partial charge is 0.125 e. The number of rotatable bonds is 4. The van der Waals surface area contributed by atoms with Crippen molar-refractivity contribution in [2.45, 2.75) is 13.5 Å². The summed E-state index contributed by atoms with van der Waals surface area (Å²) in [5.41, 5.74) is 3.05. The number of hydrogen-bond acceptors (Lipinski definition) is 2. The van der Waals surface area contributed by atoms with Gasteiger partial charge in [0.1, 0.15) is 12.4 Å². The molecule has 0 bridgehead atoms. The van der Waals surface area contributed by atoms with Gasteiger partial charge in [-0.15, -0.1) is 0 Å². The molecule has 0 radical (unpaired) electrons. The Morgan fingerprint density at radius 1 is 1.53 bits per heavy atom. The number of benzene rings is 1. The number of aliphatic hydroxyl groups excluding tert-OH is 1. The van der Waals surface area contributed by atoms with E-state index in [1.54, 1.807) is 18.2 Å². The monoisotopic (exact) mass is 246 g/mol. The van der Waals surface area contributed by atoms with Crippen molar-refractivity contribution in [1.82, 2.24) is 0 Å². The third-order valence-electron chi connectivity index (χ3n) is 1.83. The van der Waals surface area contributed by atoms with Crippen LogP contribution in [0.5, 0.6) is 5.75 Å². The van der Waals surface area contributed by atoms with Crippen LogP contribution in [0, 0.1) is 0 Å². The Morgan fingerprint density at radius 2 is 2.27 bits per heavy atom. The van der Waals surface area contributed by atoms with Crippen molar-refractivity contribution in [2.24, 2.45) is 0 Å². The van der Waals surface area contributed by atoms with E-state index in [9.17, 15) is 0 Å². The first-order chi connectivity index (χ1) is 7.17. The largest absolute Gasteiger partial charge is 0.489 e. The van der Waals surface area contributed by atoms with Crippen molar-refractivity contribution in [3.05, 3.63) is 39.9 Å². The van der Waals surface area contributed by atoms with Gasteiger partial charge in [-0.2, -0.15) is 0 Å². The van der Waals surface area contributed by atoms with Crippen LogP contribution >= 0.6 is 23.2 Å². The van der Waals surface area contributed by atoms with Gasteiger partial charge < -0.3 is 9.84 Å². The standard InChI is InChI=1S/C11H12Cl2O2/c1-8(5-12)7-15-11-3-2-10(13)4-9(11)6-14/h2-5,14H,6-7H2,1H3/b8-5-. The molecule has 0 aromatic heterocycles. The molecule has 0 saturated carbocycles. The zero-order valence-electron chi connectivity index (χ0n) is 8.34. The summed E-state index contributed by atoms with van der Waals surface area (Å²) in [5.74, 6) is 0.625. The van der Waals surface area contributed by atoms with Gasteiger partial charge in [-0.05, 0) is 30.7 Å². The fourth-order valence-electron chi connectivity index (χ4n) is 1.04. The molecule has 15 heavy (non-hydrogen) atoms. The SMILES string of the molecule is C/C(=C/Cl)COc1ccc(Cl)cc1CO. The van der Waals surface area contributed by atoms with E-state index in [0.29, 0.717) is 22.9 Å². The normalized spacial score (nSPS) is 11.6. The van der Waals surface area contributed by atoms with E-state index < -0.39 is 0 Å². The molecule has 0 fully saturated rings. The molecule has 1 rings (SSSR count). The zero-order chi connectivity index (χ0) is 11.3. The van der Waals surface area contributed by atoms with Crippen LogP contribution in [0.4, 0.5) is 0 Å². The van der Waals surface area contributed by atoms with E-state index in [1.165, 1.54) is 5.54 Å². The van der Waals surface area contributed by atoms with E-state index in [1.807, 2.05) is 6.92 Å². The molecule has 0 spiro atoms. The van der Waals surface area contributed by atoms with Crippen LogP contribution in [0.2, 0.25) is 5.02 Å². The van der Waals surface area contributed by atoms with E-state index in [4.69, 9.17) is 33.0 Å². The van der Waals surface area contributed by atoms with Gasteiger partial charge in [-0.1, -0.05) is 23.2 Å². The number of hydrogen-bond donors (Lipinski definition) is 1. The highest BCUT2D eigenvalue weighted by Gasteiger charge is 2.03. The fourth-order valence-corrected chi connectivity index (χ4v) is 1.29. The number of aliphatic hydroxyl groups is 1. The summed E-state index contributed by atoms with van der Waals surface area (Å²) in [6.07, 6.45) is 0. The van der Waals surface area contributed by atoms with E-state index in [0.717, 1.165) is 5.57 Å². The van der Waals surface area contributed by atoms with Crippen LogP contribution < -0.4 is 4.74 Å². The molecule has 0 heterocycles. The molecule has 0 unspecified atom stereocenters. The van der Waals surface area contributed by atoms with Gasteiger partial charge in [0.25, 0.3) is 0 Å². The summed E-state index contributed by atoms with van der Waals surface area (Å²) in [4.78, 5) is 0. The molecular formula is C11H12Cl2O2. The summed E-state index contributed by atoms with van der Waals surface area (Å²) in [5, 5.41) is 9.67. The minimum Gasteiger partial charge on any atom is -0.489 e. The summed E-state index contributed by atoms with van der Waals surface area (Å²) in [7, 11) is 0. The average molecular weight is 247 g/mol. The van der Waals surface area contributed by atoms with Crippen LogP contribution in [-0.2, 0) is 6.61 Å². The molecule has 0 saturated heterocycles. The van der Waals surface area contributed by atoms with Crippen molar-refractivity contribution < 1.29 is 9.84 Å². The lowest BCUT2D eigenvalue weighted by Gasteiger charge is -2.10. The van der Waals surface area contributed by atoms with Gasteiger partial charge in [0.15, 0.2) is 0 Å². The molecule has 2 nitrogen and oxygen atoms in total. The highest BCUT2D eigenvalue weighted by molar-refractivity contribution is 6.30. The van der Waals surface area contributed by atoms with E-state index >= 15 is 0 Å². The first kappa shape index (κ1) is 12.4. The molecule has 0 aliphatic heterocycles. The summed E-state index contributed by atoms with van der Waals surface area (Å²) < 4.78 is 5.46. The van der Waals surface area contributed by atoms with E-state index in [-0.39, 0.29) is 6.61 Å². The van der Waals surface area contributed by atoms with Crippen LogP contribution in [0.25, 0.3) is 0 Å². The van der Waals surface area contributed by atoms with Crippen molar-refractivity contribution in [3.8, 4) is 5.75 Å². The number of halogens is 2. The third-order valence-corrected chi connectivity index (χ3v) is 2.44. The maximum Gasteiger partial charge on any atom is 0.125 e. The zero-order valence-corrected chi connectivity index (χ0v) is 9.85. The molecule has 0 amide bonds. The minimum atomic E-state index is -0.0977. The topological polar surface area (TPSA) is 29.5 Å². The van der Waals surface area contributed by atoms with Gasteiger partial charge in [0, 0.05) is 16.1 Å². The Balaban J connectivity index is 2.76. The molecule has 0 aliphatic rings. The second-order valence-corrected chi connectivity index (χ2v) is 3.81. The Hall–Kier alpha value is -0.700.